The van der Waals surface area contributed by atoms with Crippen molar-refractivity contribution in [1.82, 2.24) is 19.8 Å². The smallest absolute Gasteiger partial charge is 0.276 e. The van der Waals surface area contributed by atoms with Crippen LogP contribution in [0.4, 0.5) is 4.39 Å². The van der Waals surface area contributed by atoms with Crippen molar-refractivity contribution in [2.75, 3.05) is 0 Å². The minimum Gasteiger partial charge on any atom is -0.349 e. The van der Waals surface area contributed by atoms with Crippen molar-refractivity contribution >= 4 is 23.3 Å². The average Bonchev–Trinajstić information content (AvgIpc) is 3.32. The van der Waals surface area contributed by atoms with Gasteiger partial charge in [-0.2, -0.15) is 0 Å². The lowest BCUT2D eigenvalue weighted by Gasteiger charge is -2.37. The van der Waals surface area contributed by atoms with Crippen LogP contribution < -0.4 is 5.32 Å². The fraction of sp³-hybridized carbons (Fsp3) is 0.500. The summed E-state index contributed by atoms with van der Waals surface area (Å²) in [5.41, 5.74) is 0.334. The molecule has 2 aromatic rings. The van der Waals surface area contributed by atoms with Crippen LogP contribution in [0.1, 0.15) is 68.5 Å². The molecule has 0 spiro atoms. The normalized spacial score (nSPS) is 16.0. The number of hydrogen-bond acceptors (Lipinski definition) is 5. The summed E-state index contributed by atoms with van der Waals surface area (Å²) in [4.78, 5) is 28.2. The number of benzene rings is 1. The van der Waals surface area contributed by atoms with E-state index in [1.54, 1.807) is 22.4 Å². The third kappa shape index (κ3) is 4.73. The zero-order valence-electron chi connectivity index (χ0n) is 16.3. The highest BCUT2D eigenvalue weighted by Gasteiger charge is 2.39. The summed E-state index contributed by atoms with van der Waals surface area (Å²) in [6, 6.07) is 4.82. The summed E-state index contributed by atoms with van der Waals surface area (Å²) in [5.74, 6) is -0.997. The minimum absolute atomic E-state index is 0.0741. The monoisotopic (exact) mass is 404 g/mol. The van der Waals surface area contributed by atoms with Gasteiger partial charge in [-0.1, -0.05) is 29.5 Å². The van der Waals surface area contributed by atoms with Crippen LogP contribution in [0.25, 0.3) is 0 Å². The first-order valence-electron chi connectivity index (χ1n) is 9.43. The second-order valence-corrected chi connectivity index (χ2v) is 8.74. The van der Waals surface area contributed by atoms with Crippen LogP contribution in [-0.2, 0) is 4.79 Å². The van der Waals surface area contributed by atoms with Gasteiger partial charge in [0.05, 0.1) is 0 Å². The van der Waals surface area contributed by atoms with Crippen molar-refractivity contribution in [3.05, 3.63) is 46.7 Å². The lowest BCUT2D eigenvalue weighted by atomic mass is 9.99. The number of amides is 2. The maximum Gasteiger partial charge on any atom is 0.276 e. The van der Waals surface area contributed by atoms with Gasteiger partial charge in [0.15, 0.2) is 5.69 Å². The van der Waals surface area contributed by atoms with Crippen LogP contribution in [0, 0.1) is 5.82 Å². The van der Waals surface area contributed by atoms with Crippen LogP contribution >= 0.6 is 11.5 Å². The zero-order valence-corrected chi connectivity index (χ0v) is 17.1. The number of aromatic nitrogens is 2. The third-order valence-corrected chi connectivity index (χ3v) is 5.25. The SMILES string of the molecule is CC(C)(C)NC(=O)[C@@H](c1ccc(F)cc1)N(C(=O)c1csnn1)C1CCCC1. The minimum atomic E-state index is -0.864. The van der Waals surface area contributed by atoms with Gasteiger partial charge >= 0.3 is 0 Å². The molecule has 150 valence electrons. The standard InChI is InChI=1S/C20H25FN4O2S/c1-20(2,3)22-18(26)17(13-8-10-14(21)11-9-13)25(15-6-4-5-7-15)19(27)16-12-28-24-23-16/h8-12,15,17H,4-7H2,1-3H3,(H,22,26)/t17-/m1/s1. The number of halogens is 1. The predicted molar refractivity (Wildman–Crippen MR) is 105 cm³/mol. The molecule has 28 heavy (non-hydrogen) atoms. The molecule has 0 aliphatic heterocycles. The van der Waals surface area contributed by atoms with E-state index >= 15 is 0 Å². The van der Waals surface area contributed by atoms with E-state index in [9.17, 15) is 14.0 Å². The molecule has 0 radical (unpaired) electrons. The molecule has 8 heteroatoms. The molecule has 6 nitrogen and oxygen atoms in total. The van der Waals surface area contributed by atoms with Crippen LogP contribution in [0.15, 0.2) is 29.6 Å². The maximum absolute atomic E-state index is 13.5. The first-order chi connectivity index (χ1) is 13.3. The largest absolute Gasteiger partial charge is 0.349 e. The Labute approximate surface area is 168 Å². The summed E-state index contributed by atoms with van der Waals surface area (Å²) in [7, 11) is 0. The van der Waals surface area contributed by atoms with E-state index in [1.165, 1.54) is 12.1 Å². The van der Waals surface area contributed by atoms with Gasteiger partial charge in [-0.05, 0) is 62.8 Å². The quantitative estimate of drug-likeness (QED) is 0.824. The topological polar surface area (TPSA) is 75.2 Å². The lowest BCUT2D eigenvalue weighted by Crippen LogP contribution is -2.51. The van der Waals surface area contributed by atoms with Crippen LogP contribution in [-0.4, -0.2) is 37.9 Å². The van der Waals surface area contributed by atoms with Gasteiger partial charge in [-0.3, -0.25) is 9.59 Å². The highest BCUT2D eigenvalue weighted by molar-refractivity contribution is 7.03. The Balaban J connectivity index is 2.05. The third-order valence-electron chi connectivity index (χ3n) is 4.74. The highest BCUT2D eigenvalue weighted by atomic mass is 32.1. The second-order valence-electron chi connectivity index (χ2n) is 8.13. The molecule has 2 amide bonds. The fourth-order valence-electron chi connectivity index (χ4n) is 3.59. The van der Waals surface area contributed by atoms with E-state index in [0.717, 1.165) is 37.2 Å². The molecule has 1 aromatic carbocycles. The van der Waals surface area contributed by atoms with Gasteiger partial charge in [0.2, 0.25) is 5.91 Å². The van der Waals surface area contributed by atoms with Crippen molar-refractivity contribution in [2.45, 2.75) is 64.1 Å². The molecular formula is C20H25FN4O2S. The van der Waals surface area contributed by atoms with E-state index in [-0.39, 0.29) is 29.4 Å². The zero-order chi connectivity index (χ0) is 20.3. The number of nitrogens with one attached hydrogen (secondary N) is 1. The van der Waals surface area contributed by atoms with Gasteiger partial charge in [0.25, 0.3) is 5.91 Å². The Bertz CT molecular complexity index is 812. The van der Waals surface area contributed by atoms with Crippen molar-refractivity contribution in [3.8, 4) is 0 Å². The molecule has 1 aliphatic carbocycles. The van der Waals surface area contributed by atoms with Gasteiger partial charge in [0.1, 0.15) is 11.9 Å². The Morgan fingerprint density at radius 3 is 2.39 bits per heavy atom. The van der Waals surface area contributed by atoms with Gasteiger partial charge in [0, 0.05) is 17.0 Å². The number of carbonyl (C=O) groups excluding carboxylic acids is 2. The summed E-state index contributed by atoms with van der Waals surface area (Å²) < 4.78 is 17.3. The number of nitrogens with zero attached hydrogens (tertiary/aromatic N) is 3. The van der Waals surface area contributed by atoms with Gasteiger partial charge in [-0.25, -0.2) is 4.39 Å². The number of hydrogen-bond donors (Lipinski definition) is 1. The summed E-state index contributed by atoms with van der Waals surface area (Å²) in [6.45, 7) is 5.66. The second kappa shape index (κ2) is 8.34. The molecule has 1 heterocycles. The van der Waals surface area contributed by atoms with Gasteiger partial charge in [-0.15, -0.1) is 5.10 Å². The van der Waals surface area contributed by atoms with E-state index in [1.807, 2.05) is 20.8 Å². The molecule has 1 aliphatic rings. The Morgan fingerprint density at radius 1 is 1.21 bits per heavy atom. The fourth-order valence-corrected chi connectivity index (χ4v) is 4.02. The average molecular weight is 405 g/mol. The summed E-state index contributed by atoms with van der Waals surface area (Å²) in [5, 5.41) is 8.49. The van der Waals surface area contributed by atoms with Crippen molar-refractivity contribution in [2.24, 2.45) is 0 Å². The molecule has 1 fully saturated rings. The summed E-state index contributed by atoms with van der Waals surface area (Å²) in [6.07, 6.45) is 3.65. The molecule has 1 atom stereocenters. The molecule has 0 unspecified atom stereocenters. The van der Waals surface area contributed by atoms with E-state index in [0.29, 0.717) is 5.56 Å². The maximum atomic E-state index is 13.5. The van der Waals surface area contributed by atoms with Crippen LogP contribution in [0.2, 0.25) is 0 Å². The first-order valence-corrected chi connectivity index (χ1v) is 10.3. The van der Waals surface area contributed by atoms with E-state index in [4.69, 9.17) is 0 Å². The van der Waals surface area contributed by atoms with Crippen molar-refractivity contribution < 1.29 is 14.0 Å². The molecule has 1 N–H and O–H groups in total. The van der Waals surface area contributed by atoms with E-state index < -0.39 is 11.6 Å². The molecule has 1 aromatic heterocycles. The Hall–Kier alpha value is -2.35. The molecule has 1 saturated carbocycles. The van der Waals surface area contributed by atoms with Crippen molar-refractivity contribution in [3.63, 3.8) is 0 Å². The molecule has 3 rings (SSSR count). The Morgan fingerprint density at radius 2 is 1.86 bits per heavy atom. The molecule has 0 bridgehead atoms. The van der Waals surface area contributed by atoms with Crippen LogP contribution in [0.3, 0.4) is 0 Å². The highest BCUT2D eigenvalue weighted by Crippen LogP contribution is 2.33. The lowest BCUT2D eigenvalue weighted by molar-refractivity contribution is -0.128. The first kappa shape index (κ1) is 20.4. The van der Waals surface area contributed by atoms with Gasteiger partial charge < -0.3 is 10.2 Å². The predicted octanol–water partition coefficient (Wildman–Crippen LogP) is 3.72. The molecule has 0 saturated heterocycles. The van der Waals surface area contributed by atoms with E-state index in [2.05, 4.69) is 14.9 Å². The van der Waals surface area contributed by atoms with Crippen LogP contribution in [0.5, 0.6) is 0 Å². The number of carbonyl (C=O) groups is 2. The number of rotatable bonds is 5. The Kier molecular flexibility index (Phi) is 6.07. The molecular weight excluding hydrogens is 379 g/mol. The van der Waals surface area contributed by atoms with Crippen molar-refractivity contribution in [1.29, 1.82) is 0 Å². The summed E-state index contributed by atoms with van der Waals surface area (Å²) >= 11 is 1.10.